The highest BCUT2D eigenvalue weighted by Crippen LogP contribution is 2.11. The van der Waals surface area contributed by atoms with E-state index in [9.17, 15) is 0 Å². The van der Waals surface area contributed by atoms with E-state index in [-0.39, 0.29) is 0 Å². The zero-order valence-electron chi connectivity index (χ0n) is 6.55. The summed E-state index contributed by atoms with van der Waals surface area (Å²) in [4.78, 5) is 11.6. The summed E-state index contributed by atoms with van der Waals surface area (Å²) in [7, 11) is 0. The van der Waals surface area contributed by atoms with Crippen molar-refractivity contribution >= 4 is 11.0 Å². The molecule has 0 aromatic carbocycles. The van der Waals surface area contributed by atoms with Crippen molar-refractivity contribution in [3.05, 3.63) is 23.8 Å². The Kier molecular flexibility index (Phi) is 1.18. The summed E-state index contributed by atoms with van der Waals surface area (Å²) < 4.78 is 0. The Labute approximate surface area is 64.5 Å². The minimum atomic E-state index is 0.828. The normalized spacial score (nSPS) is 10.7. The Morgan fingerprint density at radius 3 is 2.91 bits per heavy atom. The molecule has 0 fully saturated rings. The molecule has 0 atom stereocenters. The molecular weight excluding hydrogens is 138 g/mol. The molecule has 0 unspecified atom stereocenters. The first-order chi connectivity index (χ1) is 5.27. The summed E-state index contributed by atoms with van der Waals surface area (Å²) in [5, 5.41) is 0. The average molecular weight is 147 g/mol. The molecule has 0 amide bonds. The van der Waals surface area contributed by atoms with Crippen LogP contribution in [0.2, 0.25) is 0 Å². The van der Waals surface area contributed by atoms with Crippen LogP contribution in [0.5, 0.6) is 0 Å². The van der Waals surface area contributed by atoms with E-state index in [4.69, 9.17) is 0 Å². The summed E-state index contributed by atoms with van der Waals surface area (Å²) in [5.74, 6) is 0.828. The molecule has 0 aliphatic rings. The largest absolute Gasteiger partial charge is 0.358 e. The lowest BCUT2D eigenvalue weighted by Crippen LogP contribution is -1.90. The molecule has 3 nitrogen and oxygen atoms in total. The molecule has 11 heavy (non-hydrogen) atoms. The van der Waals surface area contributed by atoms with Crippen LogP contribution in [0.3, 0.4) is 0 Å². The SMILES string of the molecule is Cc1nc(C)c2[nH]ccc2n1. The average Bonchev–Trinajstić information content (AvgIpc) is 2.34. The zero-order valence-corrected chi connectivity index (χ0v) is 6.55. The molecule has 56 valence electrons. The van der Waals surface area contributed by atoms with Crippen molar-refractivity contribution in [2.24, 2.45) is 0 Å². The number of aryl methyl sites for hydroxylation is 2. The number of rotatable bonds is 0. The molecule has 2 rings (SSSR count). The van der Waals surface area contributed by atoms with Gasteiger partial charge in [0.2, 0.25) is 0 Å². The summed E-state index contributed by atoms with van der Waals surface area (Å²) in [6.45, 7) is 3.88. The molecule has 0 aliphatic heterocycles. The van der Waals surface area contributed by atoms with Crippen molar-refractivity contribution in [1.29, 1.82) is 0 Å². The maximum Gasteiger partial charge on any atom is 0.126 e. The number of nitrogens with one attached hydrogen (secondary N) is 1. The molecule has 2 aromatic heterocycles. The third-order valence-electron chi connectivity index (χ3n) is 1.70. The predicted molar refractivity (Wildman–Crippen MR) is 43.4 cm³/mol. The van der Waals surface area contributed by atoms with Crippen molar-refractivity contribution < 1.29 is 0 Å². The molecular formula is C8H9N3. The first-order valence-electron chi connectivity index (χ1n) is 3.56. The molecule has 2 aromatic rings. The van der Waals surface area contributed by atoms with Crippen LogP contribution < -0.4 is 0 Å². The van der Waals surface area contributed by atoms with Gasteiger partial charge in [0.25, 0.3) is 0 Å². The topological polar surface area (TPSA) is 41.6 Å². The van der Waals surface area contributed by atoms with E-state index in [1.807, 2.05) is 26.1 Å². The number of fused-ring (bicyclic) bond motifs is 1. The van der Waals surface area contributed by atoms with E-state index in [0.29, 0.717) is 0 Å². The van der Waals surface area contributed by atoms with E-state index in [1.165, 1.54) is 0 Å². The van der Waals surface area contributed by atoms with Crippen LogP contribution in [0.25, 0.3) is 11.0 Å². The quantitative estimate of drug-likeness (QED) is 0.614. The number of hydrogen-bond acceptors (Lipinski definition) is 2. The van der Waals surface area contributed by atoms with E-state index >= 15 is 0 Å². The van der Waals surface area contributed by atoms with Crippen molar-refractivity contribution in [2.75, 3.05) is 0 Å². The highest BCUT2D eigenvalue weighted by molar-refractivity contribution is 5.76. The summed E-state index contributed by atoms with van der Waals surface area (Å²) in [6.07, 6.45) is 1.88. The van der Waals surface area contributed by atoms with Crippen LogP contribution in [0, 0.1) is 13.8 Å². The van der Waals surface area contributed by atoms with Crippen molar-refractivity contribution in [2.45, 2.75) is 13.8 Å². The van der Waals surface area contributed by atoms with E-state index < -0.39 is 0 Å². The van der Waals surface area contributed by atoms with Gasteiger partial charge in [-0.15, -0.1) is 0 Å². The lowest BCUT2D eigenvalue weighted by molar-refractivity contribution is 1.05. The Balaban J connectivity index is 2.91. The van der Waals surface area contributed by atoms with Gasteiger partial charge in [-0.25, -0.2) is 9.97 Å². The molecule has 0 spiro atoms. The van der Waals surface area contributed by atoms with Gasteiger partial charge in [0, 0.05) is 6.20 Å². The molecule has 0 radical (unpaired) electrons. The standard InChI is InChI=1S/C8H9N3/c1-5-8-7(3-4-9-8)11-6(2)10-5/h3-4,9H,1-2H3. The first kappa shape index (κ1) is 6.34. The van der Waals surface area contributed by atoms with Gasteiger partial charge in [-0.05, 0) is 19.9 Å². The van der Waals surface area contributed by atoms with Crippen molar-refractivity contribution in [1.82, 2.24) is 15.0 Å². The van der Waals surface area contributed by atoms with Gasteiger partial charge in [-0.3, -0.25) is 0 Å². The lowest BCUT2D eigenvalue weighted by Gasteiger charge is -1.95. The summed E-state index contributed by atoms with van der Waals surface area (Å²) in [5.41, 5.74) is 3.04. The maximum atomic E-state index is 4.25. The lowest BCUT2D eigenvalue weighted by atomic mass is 10.3. The van der Waals surface area contributed by atoms with Gasteiger partial charge >= 0.3 is 0 Å². The molecule has 0 saturated heterocycles. The van der Waals surface area contributed by atoms with Gasteiger partial charge in [0.1, 0.15) is 5.82 Å². The van der Waals surface area contributed by atoms with Gasteiger partial charge < -0.3 is 4.98 Å². The van der Waals surface area contributed by atoms with E-state index in [0.717, 1.165) is 22.6 Å². The fourth-order valence-corrected chi connectivity index (χ4v) is 1.24. The Morgan fingerprint density at radius 2 is 2.09 bits per heavy atom. The molecule has 0 bridgehead atoms. The molecule has 2 heterocycles. The Morgan fingerprint density at radius 1 is 1.27 bits per heavy atom. The number of H-pyrrole nitrogens is 1. The molecule has 0 saturated carbocycles. The molecule has 1 N–H and O–H groups in total. The predicted octanol–water partition coefficient (Wildman–Crippen LogP) is 1.57. The second-order valence-electron chi connectivity index (χ2n) is 2.59. The summed E-state index contributed by atoms with van der Waals surface area (Å²) in [6, 6.07) is 1.96. The maximum absolute atomic E-state index is 4.25. The number of aromatic amines is 1. The summed E-state index contributed by atoms with van der Waals surface area (Å²) >= 11 is 0. The van der Waals surface area contributed by atoms with E-state index in [1.54, 1.807) is 0 Å². The monoisotopic (exact) mass is 147 g/mol. The van der Waals surface area contributed by atoms with Gasteiger partial charge in [-0.1, -0.05) is 0 Å². The molecule has 3 heteroatoms. The Hall–Kier alpha value is -1.38. The van der Waals surface area contributed by atoms with Crippen LogP contribution in [0.4, 0.5) is 0 Å². The van der Waals surface area contributed by atoms with Gasteiger partial charge in [0.15, 0.2) is 0 Å². The fourth-order valence-electron chi connectivity index (χ4n) is 1.24. The fraction of sp³-hybridized carbons (Fsp3) is 0.250. The van der Waals surface area contributed by atoms with Crippen LogP contribution >= 0.6 is 0 Å². The van der Waals surface area contributed by atoms with Crippen LogP contribution in [-0.2, 0) is 0 Å². The van der Waals surface area contributed by atoms with Gasteiger partial charge in [-0.2, -0.15) is 0 Å². The number of hydrogen-bond donors (Lipinski definition) is 1. The number of aromatic nitrogens is 3. The minimum Gasteiger partial charge on any atom is -0.358 e. The highest BCUT2D eigenvalue weighted by Gasteiger charge is 2.00. The zero-order chi connectivity index (χ0) is 7.84. The second kappa shape index (κ2) is 2.05. The smallest absolute Gasteiger partial charge is 0.126 e. The number of nitrogens with zero attached hydrogens (tertiary/aromatic N) is 2. The van der Waals surface area contributed by atoms with E-state index in [2.05, 4.69) is 15.0 Å². The Bertz CT molecular complexity index is 389. The van der Waals surface area contributed by atoms with Crippen LogP contribution in [0.1, 0.15) is 11.5 Å². The van der Waals surface area contributed by atoms with Crippen LogP contribution in [-0.4, -0.2) is 15.0 Å². The highest BCUT2D eigenvalue weighted by atomic mass is 14.9. The van der Waals surface area contributed by atoms with Crippen molar-refractivity contribution in [3.8, 4) is 0 Å². The first-order valence-corrected chi connectivity index (χ1v) is 3.56. The minimum absolute atomic E-state index is 0.828. The van der Waals surface area contributed by atoms with Gasteiger partial charge in [0.05, 0.1) is 16.7 Å². The van der Waals surface area contributed by atoms with Crippen molar-refractivity contribution in [3.63, 3.8) is 0 Å². The molecule has 0 aliphatic carbocycles. The van der Waals surface area contributed by atoms with Crippen LogP contribution in [0.15, 0.2) is 12.3 Å². The third-order valence-corrected chi connectivity index (χ3v) is 1.70. The second-order valence-corrected chi connectivity index (χ2v) is 2.59. The third kappa shape index (κ3) is 0.888.